The van der Waals surface area contributed by atoms with Gasteiger partial charge in [0.2, 0.25) is 0 Å². The molecular formula is C17H13FOS. The third kappa shape index (κ3) is 2.37. The zero-order valence-corrected chi connectivity index (χ0v) is 11.8. The van der Waals surface area contributed by atoms with Crippen molar-refractivity contribution in [2.45, 2.75) is 4.90 Å². The normalized spacial score (nSPS) is 10.7. The van der Waals surface area contributed by atoms with Crippen LogP contribution in [0.5, 0.6) is 0 Å². The van der Waals surface area contributed by atoms with Crippen molar-refractivity contribution in [2.24, 2.45) is 0 Å². The fraction of sp³-hybridized carbons (Fsp3) is 0.0588. The van der Waals surface area contributed by atoms with E-state index in [0.29, 0.717) is 4.90 Å². The van der Waals surface area contributed by atoms with Crippen molar-refractivity contribution in [1.82, 2.24) is 0 Å². The highest BCUT2D eigenvalue weighted by Gasteiger charge is 2.11. The maximum Gasteiger partial charge on any atom is 0.137 e. The minimum Gasteiger partial charge on any atom is -0.471 e. The largest absolute Gasteiger partial charge is 0.471 e. The van der Waals surface area contributed by atoms with Crippen molar-refractivity contribution in [3.05, 3.63) is 66.9 Å². The first-order chi connectivity index (χ1) is 9.79. The van der Waals surface area contributed by atoms with E-state index in [1.165, 1.54) is 11.8 Å². The molecule has 0 spiro atoms. The zero-order valence-electron chi connectivity index (χ0n) is 11.0. The van der Waals surface area contributed by atoms with Gasteiger partial charge < -0.3 is 4.42 Å². The highest BCUT2D eigenvalue weighted by Crippen LogP contribution is 2.34. The van der Waals surface area contributed by atoms with E-state index in [0.717, 1.165) is 22.3 Å². The molecule has 0 saturated heterocycles. The summed E-state index contributed by atoms with van der Waals surface area (Å²) in [7, 11) is 0. The molecule has 3 heteroatoms. The third-order valence-electron chi connectivity index (χ3n) is 3.21. The number of thioether (sulfide) groups is 1. The molecule has 0 fully saturated rings. The van der Waals surface area contributed by atoms with E-state index in [1.807, 2.05) is 42.7 Å². The Balaban J connectivity index is 2.08. The van der Waals surface area contributed by atoms with Crippen LogP contribution in [0.15, 0.2) is 70.4 Å². The second kappa shape index (κ2) is 5.55. The van der Waals surface area contributed by atoms with Gasteiger partial charge in [-0.2, -0.15) is 0 Å². The molecule has 1 nitrogen and oxygen atoms in total. The van der Waals surface area contributed by atoms with Gasteiger partial charge in [0, 0.05) is 16.0 Å². The lowest BCUT2D eigenvalue weighted by Gasteiger charge is -2.05. The molecule has 1 heterocycles. The SMILES string of the molecule is CSc1ccc(-c2cocc2-c2ccccc2)cc1F. The number of hydrogen-bond acceptors (Lipinski definition) is 2. The lowest BCUT2D eigenvalue weighted by atomic mass is 9.99. The summed E-state index contributed by atoms with van der Waals surface area (Å²) in [6.07, 6.45) is 5.23. The number of halogens is 1. The molecule has 3 rings (SSSR count). The second-order valence-corrected chi connectivity index (χ2v) is 5.26. The molecule has 0 aliphatic rings. The molecular weight excluding hydrogens is 271 g/mol. The van der Waals surface area contributed by atoms with E-state index in [1.54, 1.807) is 24.7 Å². The molecule has 3 aromatic rings. The predicted octanol–water partition coefficient (Wildman–Crippen LogP) is 5.47. The van der Waals surface area contributed by atoms with Gasteiger partial charge in [0.25, 0.3) is 0 Å². The first-order valence-electron chi connectivity index (χ1n) is 6.25. The molecule has 1 aromatic heterocycles. The summed E-state index contributed by atoms with van der Waals surface area (Å²) < 4.78 is 19.2. The highest BCUT2D eigenvalue weighted by atomic mass is 32.2. The van der Waals surface area contributed by atoms with Crippen molar-refractivity contribution in [3.8, 4) is 22.3 Å². The maximum absolute atomic E-state index is 13.9. The van der Waals surface area contributed by atoms with Crippen LogP contribution in [0.4, 0.5) is 4.39 Å². The maximum atomic E-state index is 13.9. The molecule has 0 radical (unpaired) electrons. The summed E-state index contributed by atoms with van der Waals surface area (Å²) in [5.41, 5.74) is 3.77. The van der Waals surface area contributed by atoms with Crippen molar-refractivity contribution < 1.29 is 8.81 Å². The Labute approximate surface area is 121 Å². The van der Waals surface area contributed by atoms with Gasteiger partial charge >= 0.3 is 0 Å². The molecule has 2 aromatic carbocycles. The average molecular weight is 284 g/mol. The van der Waals surface area contributed by atoms with Crippen LogP contribution < -0.4 is 0 Å². The van der Waals surface area contributed by atoms with Crippen molar-refractivity contribution in [1.29, 1.82) is 0 Å². The van der Waals surface area contributed by atoms with Crippen LogP contribution in [0.3, 0.4) is 0 Å². The van der Waals surface area contributed by atoms with Gasteiger partial charge in [0.15, 0.2) is 0 Å². The monoisotopic (exact) mass is 284 g/mol. The van der Waals surface area contributed by atoms with Crippen LogP contribution in [0.2, 0.25) is 0 Å². The summed E-state index contributed by atoms with van der Waals surface area (Å²) in [5.74, 6) is -0.199. The number of rotatable bonds is 3. The van der Waals surface area contributed by atoms with Crippen LogP contribution in [0, 0.1) is 5.82 Å². The Hall–Kier alpha value is -2.00. The predicted molar refractivity (Wildman–Crippen MR) is 81.3 cm³/mol. The van der Waals surface area contributed by atoms with Gasteiger partial charge in [-0.1, -0.05) is 36.4 Å². The van der Waals surface area contributed by atoms with Gasteiger partial charge in [0.1, 0.15) is 5.82 Å². The molecule has 0 saturated carbocycles. The average Bonchev–Trinajstić information content (AvgIpc) is 2.97. The summed E-state index contributed by atoms with van der Waals surface area (Å²) in [6, 6.07) is 15.2. The van der Waals surface area contributed by atoms with E-state index in [9.17, 15) is 4.39 Å². The van der Waals surface area contributed by atoms with E-state index >= 15 is 0 Å². The van der Waals surface area contributed by atoms with E-state index in [4.69, 9.17) is 4.42 Å². The minimum atomic E-state index is -0.199. The Morgan fingerprint density at radius 3 is 2.25 bits per heavy atom. The first kappa shape index (κ1) is 13.0. The fourth-order valence-corrected chi connectivity index (χ4v) is 2.65. The summed E-state index contributed by atoms with van der Waals surface area (Å²) in [6.45, 7) is 0. The van der Waals surface area contributed by atoms with Gasteiger partial charge in [-0.05, 0) is 29.5 Å². The van der Waals surface area contributed by atoms with Crippen LogP contribution in [0.25, 0.3) is 22.3 Å². The standard InChI is InChI=1S/C17H13FOS/c1-20-17-8-7-13(9-16(17)18)15-11-19-10-14(15)12-5-3-2-4-6-12/h2-11H,1H3. The van der Waals surface area contributed by atoms with E-state index < -0.39 is 0 Å². The number of furan rings is 1. The van der Waals surface area contributed by atoms with E-state index in [2.05, 4.69) is 0 Å². The van der Waals surface area contributed by atoms with Crippen molar-refractivity contribution >= 4 is 11.8 Å². The smallest absolute Gasteiger partial charge is 0.137 e. The van der Waals surface area contributed by atoms with Crippen molar-refractivity contribution in [2.75, 3.05) is 6.26 Å². The third-order valence-corrected chi connectivity index (χ3v) is 3.98. The van der Waals surface area contributed by atoms with Crippen LogP contribution in [-0.2, 0) is 0 Å². The summed E-state index contributed by atoms with van der Waals surface area (Å²) >= 11 is 1.40. The Kier molecular flexibility index (Phi) is 3.61. The highest BCUT2D eigenvalue weighted by molar-refractivity contribution is 7.98. The zero-order chi connectivity index (χ0) is 13.9. The van der Waals surface area contributed by atoms with Gasteiger partial charge in [0.05, 0.1) is 12.5 Å². The summed E-state index contributed by atoms with van der Waals surface area (Å²) in [5, 5.41) is 0. The first-order valence-corrected chi connectivity index (χ1v) is 7.47. The van der Waals surface area contributed by atoms with Crippen LogP contribution in [0.1, 0.15) is 0 Å². The summed E-state index contributed by atoms with van der Waals surface area (Å²) in [4.78, 5) is 0.651. The number of benzene rings is 2. The Bertz CT molecular complexity index is 719. The second-order valence-electron chi connectivity index (χ2n) is 4.41. The molecule has 0 bridgehead atoms. The minimum absolute atomic E-state index is 0.199. The topological polar surface area (TPSA) is 13.1 Å². The Morgan fingerprint density at radius 1 is 0.900 bits per heavy atom. The van der Waals surface area contributed by atoms with E-state index in [-0.39, 0.29) is 5.82 Å². The fourth-order valence-electron chi connectivity index (χ4n) is 2.20. The molecule has 100 valence electrons. The molecule has 0 unspecified atom stereocenters. The van der Waals surface area contributed by atoms with Crippen molar-refractivity contribution in [3.63, 3.8) is 0 Å². The molecule has 0 atom stereocenters. The lowest BCUT2D eigenvalue weighted by Crippen LogP contribution is -1.84. The van der Waals surface area contributed by atoms with Gasteiger partial charge in [-0.3, -0.25) is 0 Å². The van der Waals surface area contributed by atoms with Gasteiger partial charge in [-0.15, -0.1) is 11.8 Å². The Morgan fingerprint density at radius 2 is 1.60 bits per heavy atom. The molecule has 0 aliphatic carbocycles. The quantitative estimate of drug-likeness (QED) is 0.591. The molecule has 0 amide bonds. The molecule has 0 N–H and O–H groups in total. The lowest BCUT2D eigenvalue weighted by molar-refractivity contribution is 0.569. The molecule has 20 heavy (non-hydrogen) atoms. The van der Waals surface area contributed by atoms with Crippen LogP contribution in [-0.4, -0.2) is 6.26 Å². The number of hydrogen-bond donors (Lipinski definition) is 0. The van der Waals surface area contributed by atoms with Crippen LogP contribution >= 0.6 is 11.8 Å². The van der Waals surface area contributed by atoms with Gasteiger partial charge in [-0.25, -0.2) is 4.39 Å². The molecule has 0 aliphatic heterocycles.